The smallest absolute Gasteiger partial charge is 0.320 e. The van der Waals surface area contributed by atoms with E-state index in [1.807, 2.05) is 18.7 Å². The summed E-state index contributed by atoms with van der Waals surface area (Å²) in [5.41, 5.74) is 0. The lowest BCUT2D eigenvalue weighted by molar-refractivity contribution is -0.139. The molecule has 0 amide bonds. The number of nitrogens with one attached hydrogen (secondary N) is 1. The highest BCUT2D eigenvalue weighted by atomic mass is 32.2. The second-order valence-corrected chi connectivity index (χ2v) is 5.72. The summed E-state index contributed by atoms with van der Waals surface area (Å²) in [6.45, 7) is 4.53. The molecule has 100 valence electrons. The number of aliphatic carboxylic acids is 1. The van der Waals surface area contributed by atoms with Gasteiger partial charge in [-0.1, -0.05) is 6.92 Å². The summed E-state index contributed by atoms with van der Waals surface area (Å²) in [5, 5.41) is 12.8. The molecule has 0 aromatic heterocycles. The number of carboxylic acids is 1. The topological polar surface area (TPSA) is 58.6 Å². The van der Waals surface area contributed by atoms with Crippen molar-refractivity contribution in [2.75, 3.05) is 25.5 Å². The Labute approximate surface area is 107 Å². The van der Waals surface area contributed by atoms with Crippen molar-refractivity contribution in [3.05, 3.63) is 0 Å². The maximum Gasteiger partial charge on any atom is 0.320 e. The highest BCUT2D eigenvalue weighted by molar-refractivity contribution is 7.99. The van der Waals surface area contributed by atoms with Crippen LogP contribution in [-0.2, 0) is 9.53 Å². The second kappa shape index (κ2) is 8.78. The van der Waals surface area contributed by atoms with Gasteiger partial charge in [-0.15, -0.1) is 0 Å². The molecule has 1 saturated heterocycles. The van der Waals surface area contributed by atoms with Gasteiger partial charge in [-0.2, -0.15) is 11.8 Å². The van der Waals surface area contributed by atoms with Crippen molar-refractivity contribution in [2.24, 2.45) is 0 Å². The van der Waals surface area contributed by atoms with E-state index in [2.05, 4.69) is 5.32 Å². The molecule has 17 heavy (non-hydrogen) atoms. The van der Waals surface area contributed by atoms with Gasteiger partial charge in [0.1, 0.15) is 6.04 Å². The maximum absolute atomic E-state index is 11.0. The van der Waals surface area contributed by atoms with E-state index in [0.717, 1.165) is 44.8 Å². The van der Waals surface area contributed by atoms with Gasteiger partial charge in [0, 0.05) is 18.5 Å². The van der Waals surface area contributed by atoms with Crippen LogP contribution in [0.15, 0.2) is 0 Å². The fourth-order valence-electron chi connectivity index (χ4n) is 1.83. The third-order valence-electron chi connectivity index (χ3n) is 2.87. The average Bonchev–Trinajstić information content (AvgIpc) is 2.34. The SMILES string of the molecule is CCCNC(CCSC1CCOCC1)C(=O)O. The molecule has 1 heterocycles. The van der Waals surface area contributed by atoms with Crippen molar-refractivity contribution in [1.29, 1.82) is 0 Å². The van der Waals surface area contributed by atoms with Crippen molar-refractivity contribution in [2.45, 2.75) is 43.9 Å². The van der Waals surface area contributed by atoms with E-state index < -0.39 is 5.97 Å². The predicted molar refractivity (Wildman–Crippen MR) is 70.6 cm³/mol. The average molecular weight is 261 g/mol. The maximum atomic E-state index is 11.0. The quantitative estimate of drug-likeness (QED) is 0.697. The van der Waals surface area contributed by atoms with Crippen molar-refractivity contribution >= 4 is 17.7 Å². The summed E-state index contributed by atoms with van der Waals surface area (Å²) >= 11 is 1.89. The van der Waals surface area contributed by atoms with Crippen LogP contribution in [0.4, 0.5) is 0 Å². The van der Waals surface area contributed by atoms with E-state index in [1.165, 1.54) is 0 Å². The number of carbonyl (C=O) groups is 1. The zero-order valence-electron chi connectivity index (χ0n) is 10.5. The molecule has 0 aromatic rings. The standard InChI is InChI=1S/C12H23NO3S/c1-2-6-13-11(12(14)15)5-9-17-10-3-7-16-8-4-10/h10-11,13H,2-9H2,1H3,(H,14,15). The van der Waals surface area contributed by atoms with E-state index in [4.69, 9.17) is 9.84 Å². The van der Waals surface area contributed by atoms with Crippen LogP contribution in [0.5, 0.6) is 0 Å². The normalized spacial score (nSPS) is 19.1. The van der Waals surface area contributed by atoms with Crippen molar-refractivity contribution in [3.63, 3.8) is 0 Å². The molecule has 0 aliphatic carbocycles. The minimum absolute atomic E-state index is 0.387. The Morgan fingerprint density at radius 1 is 1.53 bits per heavy atom. The third-order valence-corrected chi connectivity index (χ3v) is 4.28. The van der Waals surface area contributed by atoms with Crippen molar-refractivity contribution < 1.29 is 14.6 Å². The molecule has 1 aliphatic heterocycles. The summed E-state index contributed by atoms with van der Waals surface area (Å²) in [4.78, 5) is 11.0. The molecule has 4 nitrogen and oxygen atoms in total. The van der Waals surface area contributed by atoms with Gasteiger partial charge >= 0.3 is 5.97 Å². The molecule has 5 heteroatoms. The molecule has 1 aliphatic rings. The second-order valence-electron chi connectivity index (χ2n) is 4.32. The molecule has 1 fully saturated rings. The molecule has 0 radical (unpaired) electrons. The molecule has 0 spiro atoms. The molecule has 0 bridgehead atoms. The minimum atomic E-state index is -0.731. The molecule has 0 saturated carbocycles. The van der Waals surface area contributed by atoms with Gasteiger partial charge in [0.15, 0.2) is 0 Å². The van der Waals surface area contributed by atoms with Gasteiger partial charge < -0.3 is 15.2 Å². The van der Waals surface area contributed by atoms with Crippen LogP contribution in [0.2, 0.25) is 0 Å². The number of rotatable bonds is 8. The van der Waals surface area contributed by atoms with Gasteiger partial charge in [-0.25, -0.2) is 0 Å². The zero-order valence-corrected chi connectivity index (χ0v) is 11.3. The van der Waals surface area contributed by atoms with Crippen LogP contribution < -0.4 is 5.32 Å². The van der Waals surface area contributed by atoms with Crippen LogP contribution in [0, 0.1) is 0 Å². The first-order valence-electron chi connectivity index (χ1n) is 6.39. The Kier molecular flexibility index (Phi) is 7.64. The predicted octanol–water partition coefficient (Wildman–Crippen LogP) is 1.74. The number of hydrogen-bond acceptors (Lipinski definition) is 4. The zero-order chi connectivity index (χ0) is 12.5. The molecule has 2 N–H and O–H groups in total. The first-order valence-corrected chi connectivity index (χ1v) is 7.44. The fraction of sp³-hybridized carbons (Fsp3) is 0.917. The van der Waals surface area contributed by atoms with Crippen LogP contribution in [0.25, 0.3) is 0 Å². The number of thioether (sulfide) groups is 1. The first kappa shape index (κ1) is 14.8. The molecule has 1 unspecified atom stereocenters. The Morgan fingerprint density at radius 3 is 2.82 bits per heavy atom. The molecule has 0 aromatic carbocycles. The highest BCUT2D eigenvalue weighted by Gasteiger charge is 2.18. The Balaban J connectivity index is 2.14. The summed E-state index contributed by atoms with van der Waals surface area (Å²) in [6, 6.07) is -0.387. The fourth-order valence-corrected chi connectivity index (χ4v) is 3.06. The number of ether oxygens (including phenoxy) is 1. The minimum Gasteiger partial charge on any atom is -0.480 e. The van der Waals surface area contributed by atoms with Gasteiger partial charge in [0.2, 0.25) is 0 Å². The molecule has 1 rings (SSSR count). The number of carboxylic acid groups (broad SMARTS) is 1. The molecule has 1 atom stereocenters. The van der Waals surface area contributed by atoms with Crippen LogP contribution in [0.3, 0.4) is 0 Å². The van der Waals surface area contributed by atoms with Gasteiger partial charge in [0.25, 0.3) is 0 Å². The first-order chi connectivity index (χ1) is 8.24. The van der Waals surface area contributed by atoms with E-state index in [-0.39, 0.29) is 6.04 Å². The van der Waals surface area contributed by atoms with E-state index in [1.54, 1.807) is 0 Å². The van der Waals surface area contributed by atoms with E-state index in [9.17, 15) is 4.79 Å². The van der Waals surface area contributed by atoms with Crippen LogP contribution in [-0.4, -0.2) is 47.9 Å². The van der Waals surface area contributed by atoms with Gasteiger partial charge in [0.05, 0.1) is 0 Å². The third kappa shape index (κ3) is 6.29. The lowest BCUT2D eigenvalue weighted by Gasteiger charge is -2.22. The van der Waals surface area contributed by atoms with Gasteiger partial charge in [-0.3, -0.25) is 4.79 Å². The van der Waals surface area contributed by atoms with E-state index >= 15 is 0 Å². The Hall–Kier alpha value is -0.260. The highest BCUT2D eigenvalue weighted by Crippen LogP contribution is 2.22. The van der Waals surface area contributed by atoms with E-state index in [0.29, 0.717) is 11.7 Å². The van der Waals surface area contributed by atoms with Crippen molar-refractivity contribution in [1.82, 2.24) is 5.32 Å². The van der Waals surface area contributed by atoms with Crippen molar-refractivity contribution in [3.8, 4) is 0 Å². The van der Waals surface area contributed by atoms with Crippen LogP contribution >= 0.6 is 11.8 Å². The largest absolute Gasteiger partial charge is 0.480 e. The lowest BCUT2D eigenvalue weighted by atomic mass is 10.2. The number of hydrogen-bond donors (Lipinski definition) is 2. The summed E-state index contributed by atoms with van der Waals surface area (Å²) in [6.07, 6.45) is 3.88. The summed E-state index contributed by atoms with van der Waals surface area (Å²) in [7, 11) is 0. The Morgan fingerprint density at radius 2 is 2.24 bits per heavy atom. The summed E-state index contributed by atoms with van der Waals surface area (Å²) in [5.74, 6) is 0.184. The Bertz CT molecular complexity index is 220. The van der Waals surface area contributed by atoms with Gasteiger partial charge in [-0.05, 0) is 38.0 Å². The summed E-state index contributed by atoms with van der Waals surface area (Å²) < 4.78 is 5.30. The van der Waals surface area contributed by atoms with Crippen LogP contribution in [0.1, 0.15) is 32.6 Å². The lowest BCUT2D eigenvalue weighted by Crippen LogP contribution is -2.37. The molecular formula is C12H23NO3S. The molecular weight excluding hydrogens is 238 g/mol. The monoisotopic (exact) mass is 261 g/mol.